The van der Waals surface area contributed by atoms with Gasteiger partial charge in [0.25, 0.3) is 11.7 Å². The van der Waals surface area contributed by atoms with Gasteiger partial charge in [-0.25, -0.2) is 0 Å². The lowest BCUT2D eigenvalue weighted by Gasteiger charge is -2.35. The number of fused-ring (bicyclic) bond motifs is 1. The van der Waals surface area contributed by atoms with Crippen molar-refractivity contribution >= 4 is 45.8 Å². The summed E-state index contributed by atoms with van der Waals surface area (Å²) in [5, 5.41) is 1.35. The zero-order valence-corrected chi connectivity index (χ0v) is 20.3. The van der Waals surface area contributed by atoms with E-state index >= 15 is 0 Å². The molecule has 1 aromatic heterocycles. The van der Waals surface area contributed by atoms with Crippen molar-refractivity contribution in [2.75, 3.05) is 44.2 Å². The van der Waals surface area contributed by atoms with Gasteiger partial charge >= 0.3 is 0 Å². The van der Waals surface area contributed by atoms with Crippen molar-refractivity contribution in [3.05, 3.63) is 65.3 Å². The second-order valence-corrected chi connectivity index (χ2v) is 8.78. The number of carbonyl (C=O) groups is 3. The van der Waals surface area contributed by atoms with Crippen molar-refractivity contribution in [3.8, 4) is 0 Å². The predicted molar refractivity (Wildman–Crippen MR) is 134 cm³/mol. The minimum Gasteiger partial charge on any atom is -0.368 e. The molecule has 8 heteroatoms. The summed E-state index contributed by atoms with van der Waals surface area (Å²) in [6, 6.07) is 15.0. The van der Waals surface area contributed by atoms with Crippen LogP contribution in [0.1, 0.15) is 24.2 Å². The molecule has 2 heterocycles. The third kappa shape index (κ3) is 4.80. The molecule has 1 saturated heterocycles. The summed E-state index contributed by atoms with van der Waals surface area (Å²) >= 11 is 6.11. The molecule has 0 radical (unpaired) electrons. The summed E-state index contributed by atoms with van der Waals surface area (Å²) in [6.07, 6.45) is 1.65. The largest absolute Gasteiger partial charge is 0.368 e. The van der Waals surface area contributed by atoms with E-state index in [-0.39, 0.29) is 12.5 Å². The Balaban J connectivity index is 1.50. The summed E-state index contributed by atoms with van der Waals surface area (Å²) in [5.41, 5.74) is 2.11. The van der Waals surface area contributed by atoms with Gasteiger partial charge in [0, 0.05) is 67.1 Å². The maximum atomic E-state index is 13.3. The van der Waals surface area contributed by atoms with E-state index < -0.39 is 11.7 Å². The molecule has 34 heavy (non-hydrogen) atoms. The first-order valence-electron chi connectivity index (χ1n) is 11.6. The molecule has 0 bridgehead atoms. The molecule has 2 aromatic carbocycles. The Labute approximate surface area is 204 Å². The minimum absolute atomic E-state index is 0.0202. The average Bonchev–Trinajstić information content (AvgIpc) is 3.22. The molecule has 0 N–H and O–H groups in total. The first kappa shape index (κ1) is 23.8. The molecular weight excluding hydrogens is 452 g/mol. The normalized spacial score (nSPS) is 13.9. The average molecular weight is 481 g/mol. The number of para-hydroxylation sites is 1. The van der Waals surface area contributed by atoms with Gasteiger partial charge < -0.3 is 19.3 Å². The number of carbonyl (C=O) groups excluding carboxylic acids is 3. The van der Waals surface area contributed by atoms with Gasteiger partial charge in [-0.3, -0.25) is 14.4 Å². The number of hydrogen-bond donors (Lipinski definition) is 0. The van der Waals surface area contributed by atoms with Crippen LogP contribution in [0.2, 0.25) is 5.02 Å². The topological polar surface area (TPSA) is 65.9 Å². The molecule has 1 fully saturated rings. The molecular formula is C26H29ClN4O3. The van der Waals surface area contributed by atoms with E-state index in [2.05, 4.69) is 4.90 Å². The molecule has 1 aliphatic heterocycles. The van der Waals surface area contributed by atoms with Crippen LogP contribution in [0.4, 0.5) is 5.69 Å². The highest BCUT2D eigenvalue weighted by Gasteiger charge is 2.29. The number of aromatic nitrogens is 1. The smallest absolute Gasteiger partial charge is 0.295 e. The SMILES string of the molecule is CCN(CC)C(=O)Cn1cc(C(=O)C(=O)N2CCN(c3cccc(Cl)c3)CC2)c2ccccc21. The lowest BCUT2D eigenvalue weighted by atomic mass is 10.1. The highest BCUT2D eigenvalue weighted by molar-refractivity contribution is 6.45. The second kappa shape index (κ2) is 10.3. The first-order chi connectivity index (χ1) is 16.4. The second-order valence-electron chi connectivity index (χ2n) is 8.34. The molecule has 4 rings (SSSR count). The fraction of sp³-hybridized carbons (Fsp3) is 0.346. The Morgan fingerprint density at radius 2 is 1.65 bits per heavy atom. The maximum Gasteiger partial charge on any atom is 0.295 e. The number of rotatable bonds is 7. The van der Waals surface area contributed by atoms with Gasteiger partial charge in [-0.15, -0.1) is 0 Å². The van der Waals surface area contributed by atoms with Crippen molar-refractivity contribution in [2.24, 2.45) is 0 Å². The van der Waals surface area contributed by atoms with Crippen molar-refractivity contribution in [2.45, 2.75) is 20.4 Å². The molecule has 0 aliphatic carbocycles. The Hall–Kier alpha value is -3.32. The molecule has 0 saturated carbocycles. The van der Waals surface area contributed by atoms with Gasteiger partial charge in [0.2, 0.25) is 5.91 Å². The van der Waals surface area contributed by atoms with Crippen LogP contribution >= 0.6 is 11.6 Å². The van der Waals surface area contributed by atoms with Crippen LogP contribution in [-0.2, 0) is 16.1 Å². The Kier molecular flexibility index (Phi) is 7.22. The van der Waals surface area contributed by atoms with E-state index in [4.69, 9.17) is 11.6 Å². The third-order valence-electron chi connectivity index (χ3n) is 6.39. The van der Waals surface area contributed by atoms with Crippen LogP contribution in [0.25, 0.3) is 10.9 Å². The van der Waals surface area contributed by atoms with Crippen molar-refractivity contribution < 1.29 is 14.4 Å². The maximum absolute atomic E-state index is 13.3. The highest BCUT2D eigenvalue weighted by Crippen LogP contribution is 2.24. The predicted octanol–water partition coefficient (Wildman–Crippen LogP) is 3.69. The number of piperazine rings is 1. The number of nitrogens with zero attached hydrogens (tertiary/aromatic N) is 4. The molecule has 1 aliphatic rings. The van der Waals surface area contributed by atoms with Gasteiger partial charge in [-0.1, -0.05) is 35.9 Å². The zero-order chi connectivity index (χ0) is 24.2. The highest BCUT2D eigenvalue weighted by atomic mass is 35.5. The van der Waals surface area contributed by atoms with Crippen LogP contribution < -0.4 is 4.90 Å². The number of amides is 2. The fourth-order valence-electron chi connectivity index (χ4n) is 4.48. The van der Waals surface area contributed by atoms with Crippen LogP contribution in [-0.4, -0.2) is 71.2 Å². The first-order valence-corrected chi connectivity index (χ1v) is 12.0. The Morgan fingerprint density at radius 1 is 0.941 bits per heavy atom. The van der Waals surface area contributed by atoms with E-state index in [1.165, 1.54) is 0 Å². The number of benzene rings is 2. The van der Waals surface area contributed by atoms with Crippen LogP contribution in [0.3, 0.4) is 0 Å². The fourth-order valence-corrected chi connectivity index (χ4v) is 4.66. The van der Waals surface area contributed by atoms with Crippen LogP contribution in [0.5, 0.6) is 0 Å². The number of likely N-dealkylation sites (N-methyl/N-ethyl adjacent to an activating group) is 1. The quantitative estimate of drug-likeness (QED) is 0.382. The van der Waals surface area contributed by atoms with E-state index in [0.29, 0.717) is 55.2 Å². The zero-order valence-electron chi connectivity index (χ0n) is 19.5. The molecule has 2 amide bonds. The van der Waals surface area contributed by atoms with Crippen molar-refractivity contribution in [1.82, 2.24) is 14.4 Å². The molecule has 7 nitrogen and oxygen atoms in total. The van der Waals surface area contributed by atoms with Crippen molar-refractivity contribution in [3.63, 3.8) is 0 Å². The molecule has 178 valence electrons. The van der Waals surface area contributed by atoms with Gasteiger partial charge in [0.1, 0.15) is 6.54 Å². The van der Waals surface area contributed by atoms with Gasteiger partial charge in [0.15, 0.2) is 0 Å². The number of anilines is 1. The number of hydrogen-bond acceptors (Lipinski definition) is 4. The monoisotopic (exact) mass is 480 g/mol. The molecule has 3 aromatic rings. The van der Waals surface area contributed by atoms with E-state index in [9.17, 15) is 14.4 Å². The lowest BCUT2D eigenvalue weighted by molar-refractivity contribution is -0.131. The van der Waals surface area contributed by atoms with Gasteiger partial charge in [0.05, 0.1) is 5.56 Å². The van der Waals surface area contributed by atoms with E-state index in [0.717, 1.165) is 11.2 Å². The number of halogens is 1. The minimum atomic E-state index is -0.540. The third-order valence-corrected chi connectivity index (χ3v) is 6.62. The van der Waals surface area contributed by atoms with Gasteiger partial charge in [-0.2, -0.15) is 0 Å². The Morgan fingerprint density at radius 3 is 2.32 bits per heavy atom. The molecule has 0 unspecified atom stereocenters. The van der Waals surface area contributed by atoms with Gasteiger partial charge in [-0.05, 0) is 38.1 Å². The molecule has 0 atom stereocenters. The summed E-state index contributed by atoms with van der Waals surface area (Å²) in [4.78, 5) is 44.6. The molecule has 0 spiro atoms. The summed E-state index contributed by atoms with van der Waals surface area (Å²) in [5.74, 6) is -1.07. The number of Topliss-reactive ketones (excluding diaryl/α,β-unsaturated/α-hetero) is 1. The van der Waals surface area contributed by atoms with Crippen LogP contribution in [0, 0.1) is 0 Å². The van der Waals surface area contributed by atoms with Crippen molar-refractivity contribution in [1.29, 1.82) is 0 Å². The number of ketones is 1. The standard InChI is InChI=1S/C26H29ClN4O3/c1-3-28(4-2)24(32)18-31-17-22(21-10-5-6-11-23(21)31)25(33)26(34)30-14-12-29(13-15-30)20-9-7-8-19(27)16-20/h5-11,16-17H,3-4,12-15,18H2,1-2H3. The van der Waals surface area contributed by atoms with E-state index in [1.807, 2.05) is 62.4 Å². The summed E-state index contributed by atoms with van der Waals surface area (Å²) in [6.45, 7) is 7.41. The van der Waals surface area contributed by atoms with Crippen LogP contribution in [0.15, 0.2) is 54.7 Å². The summed E-state index contributed by atoms with van der Waals surface area (Å²) < 4.78 is 1.77. The van der Waals surface area contributed by atoms with E-state index in [1.54, 1.807) is 20.6 Å². The lowest BCUT2D eigenvalue weighted by Crippen LogP contribution is -2.50. The Bertz CT molecular complexity index is 1210. The summed E-state index contributed by atoms with van der Waals surface area (Å²) in [7, 11) is 0.